The number of ether oxygens (including phenoxy) is 1. The van der Waals surface area contributed by atoms with Gasteiger partial charge in [-0.15, -0.1) is 0 Å². The smallest absolute Gasteiger partial charge is 0.141 e. The van der Waals surface area contributed by atoms with Crippen molar-refractivity contribution in [1.29, 1.82) is 0 Å². The molecule has 2 rings (SSSR count). The monoisotopic (exact) mass is 204 g/mol. The minimum atomic E-state index is 0.188. The van der Waals surface area contributed by atoms with Crippen LogP contribution in [-0.2, 0) is 0 Å². The lowest BCUT2D eigenvalue weighted by molar-refractivity contribution is 0.339. The molecule has 0 radical (unpaired) electrons. The summed E-state index contributed by atoms with van der Waals surface area (Å²) in [5.74, 6) is 1.55. The quantitative estimate of drug-likeness (QED) is 0.805. The van der Waals surface area contributed by atoms with Gasteiger partial charge in [-0.3, -0.25) is 0 Å². The number of hydrogen-bond acceptors (Lipinski definition) is 3. The van der Waals surface area contributed by atoms with E-state index in [1.54, 1.807) is 30.6 Å². The van der Waals surface area contributed by atoms with Gasteiger partial charge in [0.25, 0.3) is 0 Å². The van der Waals surface area contributed by atoms with Crippen LogP contribution in [-0.4, -0.2) is 21.7 Å². The number of phenols is 1. The molecule has 0 unspecified atom stereocenters. The van der Waals surface area contributed by atoms with Crippen LogP contribution in [0.4, 0.5) is 0 Å². The van der Waals surface area contributed by atoms with Crippen molar-refractivity contribution >= 4 is 0 Å². The Morgan fingerprint density at radius 3 is 3.00 bits per heavy atom. The summed E-state index contributed by atoms with van der Waals surface area (Å²) in [6.07, 6.45) is 3.35. The lowest BCUT2D eigenvalue weighted by Crippen LogP contribution is -1.92. The highest BCUT2D eigenvalue weighted by Gasteiger charge is 2.07. The number of H-pyrrole nitrogens is 1. The molecule has 0 bridgehead atoms. The average Bonchev–Trinajstić information content (AvgIpc) is 2.74. The molecule has 15 heavy (non-hydrogen) atoms. The first kappa shape index (κ1) is 9.58. The molecule has 0 saturated carbocycles. The Morgan fingerprint density at radius 1 is 1.47 bits per heavy atom. The van der Waals surface area contributed by atoms with Crippen LogP contribution in [0.3, 0.4) is 0 Å². The highest BCUT2D eigenvalue weighted by Crippen LogP contribution is 2.30. The summed E-state index contributed by atoms with van der Waals surface area (Å²) >= 11 is 0. The maximum absolute atomic E-state index is 9.66. The Morgan fingerprint density at radius 2 is 2.33 bits per heavy atom. The molecule has 0 aliphatic carbocycles. The standard InChI is InChI=1S/C11H12N2O2/c1-2-15-8-3-4-10(14)9(7-8)11-12-5-6-13-11/h3-7,14H,2H2,1H3,(H,12,13). The van der Waals surface area contributed by atoms with Crippen molar-refractivity contribution in [3.63, 3.8) is 0 Å². The lowest BCUT2D eigenvalue weighted by Gasteiger charge is -2.06. The van der Waals surface area contributed by atoms with E-state index in [1.807, 2.05) is 6.92 Å². The predicted molar refractivity (Wildman–Crippen MR) is 56.9 cm³/mol. The third kappa shape index (κ3) is 1.93. The first-order valence-electron chi connectivity index (χ1n) is 4.77. The van der Waals surface area contributed by atoms with E-state index in [0.29, 0.717) is 18.0 Å². The van der Waals surface area contributed by atoms with Gasteiger partial charge in [0.15, 0.2) is 0 Å². The van der Waals surface area contributed by atoms with Gasteiger partial charge >= 0.3 is 0 Å². The van der Waals surface area contributed by atoms with Crippen LogP contribution in [0.15, 0.2) is 30.6 Å². The number of aromatic hydroxyl groups is 1. The molecule has 1 aromatic carbocycles. The molecule has 78 valence electrons. The van der Waals surface area contributed by atoms with Gasteiger partial charge in [0.1, 0.15) is 17.3 Å². The number of aromatic nitrogens is 2. The van der Waals surface area contributed by atoms with E-state index in [-0.39, 0.29) is 5.75 Å². The van der Waals surface area contributed by atoms with Gasteiger partial charge in [-0.05, 0) is 25.1 Å². The van der Waals surface area contributed by atoms with E-state index in [9.17, 15) is 5.11 Å². The predicted octanol–water partition coefficient (Wildman–Crippen LogP) is 2.18. The fourth-order valence-electron chi connectivity index (χ4n) is 1.37. The highest BCUT2D eigenvalue weighted by atomic mass is 16.5. The zero-order chi connectivity index (χ0) is 10.7. The van der Waals surface area contributed by atoms with Gasteiger partial charge in [-0.2, -0.15) is 0 Å². The van der Waals surface area contributed by atoms with Crippen LogP contribution in [0.2, 0.25) is 0 Å². The molecule has 0 amide bonds. The summed E-state index contributed by atoms with van der Waals surface area (Å²) in [7, 11) is 0. The second-order valence-corrected chi connectivity index (χ2v) is 3.05. The third-order valence-electron chi connectivity index (χ3n) is 2.03. The van der Waals surface area contributed by atoms with Crippen LogP contribution < -0.4 is 4.74 Å². The van der Waals surface area contributed by atoms with Crippen LogP contribution in [0.25, 0.3) is 11.4 Å². The number of imidazole rings is 1. The van der Waals surface area contributed by atoms with E-state index < -0.39 is 0 Å². The Balaban J connectivity index is 2.41. The number of nitrogens with one attached hydrogen (secondary N) is 1. The minimum Gasteiger partial charge on any atom is -0.507 e. The summed E-state index contributed by atoms with van der Waals surface area (Å²) < 4.78 is 5.35. The van der Waals surface area contributed by atoms with E-state index in [4.69, 9.17) is 4.74 Å². The number of aromatic amines is 1. The molecule has 1 heterocycles. The molecule has 4 nitrogen and oxygen atoms in total. The number of phenolic OH excluding ortho intramolecular Hbond substituents is 1. The topological polar surface area (TPSA) is 58.1 Å². The van der Waals surface area contributed by atoms with Crippen molar-refractivity contribution in [3.05, 3.63) is 30.6 Å². The molecular weight excluding hydrogens is 192 g/mol. The third-order valence-corrected chi connectivity index (χ3v) is 2.03. The highest BCUT2D eigenvalue weighted by molar-refractivity contribution is 5.65. The normalized spacial score (nSPS) is 10.2. The van der Waals surface area contributed by atoms with Gasteiger partial charge in [-0.25, -0.2) is 4.98 Å². The minimum absolute atomic E-state index is 0.188. The van der Waals surface area contributed by atoms with E-state index in [0.717, 1.165) is 5.75 Å². The number of hydrogen-bond donors (Lipinski definition) is 2. The maximum Gasteiger partial charge on any atom is 0.141 e. The van der Waals surface area contributed by atoms with E-state index in [2.05, 4.69) is 9.97 Å². The molecule has 0 spiro atoms. The Bertz CT molecular complexity index is 438. The Kier molecular flexibility index (Phi) is 2.58. The first-order valence-corrected chi connectivity index (χ1v) is 4.77. The van der Waals surface area contributed by atoms with Gasteiger partial charge in [-0.1, -0.05) is 0 Å². The summed E-state index contributed by atoms with van der Waals surface area (Å²) in [6.45, 7) is 2.52. The molecule has 0 atom stereocenters. The molecule has 2 N–H and O–H groups in total. The fraction of sp³-hybridized carbons (Fsp3) is 0.182. The van der Waals surface area contributed by atoms with Crippen molar-refractivity contribution in [2.45, 2.75) is 6.92 Å². The summed E-state index contributed by atoms with van der Waals surface area (Å²) in [5.41, 5.74) is 0.644. The van der Waals surface area contributed by atoms with Gasteiger partial charge in [0, 0.05) is 12.4 Å². The SMILES string of the molecule is CCOc1ccc(O)c(-c2ncc[nH]2)c1. The summed E-state index contributed by atoms with van der Waals surface area (Å²) in [6, 6.07) is 5.09. The van der Waals surface area contributed by atoms with Crippen LogP contribution >= 0.6 is 0 Å². The lowest BCUT2D eigenvalue weighted by atomic mass is 10.2. The van der Waals surface area contributed by atoms with Crippen molar-refractivity contribution in [2.75, 3.05) is 6.61 Å². The first-order chi connectivity index (χ1) is 7.31. The zero-order valence-corrected chi connectivity index (χ0v) is 8.40. The van der Waals surface area contributed by atoms with Crippen molar-refractivity contribution in [2.24, 2.45) is 0 Å². The number of benzene rings is 1. The van der Waals surface area contributed by atoms with Crippen LogP contribution in [0, 0.1) is 0 Å². The van der Waals surface area contributed by atoms with Crippen molar-refractivity contribution in [3.8, 4) is 22.9 Å². The molecule has 0 saturated heterocycles. The fourth-order valence-corrected chi connectivity index (χ4v) is 1.37. The zero-order valence-electron chi connectivity index (χ0n) is 8.40. The second-order valence-electron chi connectivity index (χ2n) is 3.05. The van der Waals surface area contributed by atoms with Crippen molar-refractivity contribution < 1.29 is 9.84 Å². The van der Waals surface area contributed by atoms with Crippen LogP contribution in [0.5, 0.6) is 11.5 Å². The second kappa shape index (κ2) is 4.04. The van der Waals surface area contributed by atoms with Crippen LogP contribution in [0.1, 0.15) is 6.92 Å². The van der Waals surface area contributed by atoms with Crippen molar-refractivity contribution in [1.82, 2.24) is 9.97 Å². The van der Waals surface area contributed by atoms with Gasteiger partial charge in [0.05, 0.1) is 12.2 Å². The van der Waals surface area contributed by atoms with Gasteiger partial charge < -0.3 is 14.8 Å². The molecule has 2 aromatic rings. The molecule has 4 heteroatoms. The number of rotatable bonds is 3. The Hall–Kier alpha value is -1.97. The molecular formula is C11H12N2O2. The molecule has 0 aliphatic heterocycles. The van der Waals surface area contributed by atoms with Gasteiger partial charge in [0.2, 0.25) is 0 Å². The molecule has 0 fully saturated rings. The summed E-state index contributed by atoms with van der Waals surface area (Å²) in [4.78, 5) is 7.01. The summed E-state index contributed by atoms with van der Waals surface area (Å²) in [5, 5.41) is 9.66. The maximum atomic E-state index is 9.66. The molecule has 0 aliphatic rings. The number of nitrogens with zero attached hydrogens (tertiary/aromatic N) is 1. The average molecular weight is 204 g/mol. The largest absolute Gasteiger partial charge is 0.507 e. The van der Waals surface area contributed by atoms with E-state index >= 15 is 0 Å². The Labute approximate surface area is 87.6 Å². The van der Waals surface area contributed by atoms with E-state index in [1.165, 1.54) is 0 Å². The molecule has 1 aromatic heterocycles.